The van der Waals surface area contributed by atoms with Crippen LogP contribution in [0.5, 0.6) is 11.5 Å². The standard InChI is InChI=1S/C16H15Cl3O3/c1-2-21-15-6-11(8-20)13(18)7-16(15)22-9-10-3-4-12(17)14(19)5-10/h3-7,20H,2,8-9H2,1H3. The number of hydrogen-bond acceptors (Lipinski definition) is 3. The topological polar surface area (TPSA) is 38.7 Å². The van der Waals surface area contributed by atoms with Gasteiger partial charge in [0.05, 0.1) is 28.3 Å². The van der Waals surface area contributed by atoms with Crippen molar-refractivity contribution in [2.45, 2.75) is 20.1 Å². The summed E-state index contributed by atoms with van der Waals surface area (Å²) >= 11 is 18.0. The summed E-state index contributed by atoms with van der Waals surface area (Å²) in [6.07, 6.45) is 0. The lowest BCUT2D eigenvalue weighted by Crippen LogP contribution is -2.01. The normalized spacial score (nSPS) is 10.6. The first kappa shape index (κ1) is 17.2. The largest absolute Gasteiger partial charge is 0.490 e. The summed E-state index contributed by atoms with van der Waals surface area (Å²) < 4.78 is 11.3. The molecule has 1 N–H and O–H groups in total. The first-order valence-electron chi connectivity index (χ1n) is 6.68. The van der Waals surface area contributed by atoms with E-state index in [4.69, 9.17) is 44.3 Å². The average Bonchev–Trinajstić information content (AvgIpc) is 2.50. The third kappa shape index (κ3) is 4.20. The van der Waals surface area contributed by atoms with Crippen LogP contribution in [0, 0.1) is 0 Å². The van der Waals surface area contributed by atoms with Crippen molar-refractivity contribution in [3.8, 4) is 11.5 Å². The molecule has 0 atom stereocenters. The fourth-order valence-corrected chi connectivity index (χ4v) is 2.40. The Kier molecular flexibility index (Phi) is 6.21. The minimum Gasteiger partial charge on any atom is -0.490 e. The number of halogens is 3. The van der Waals surface area contributed by atoms with Gasteiger partial charge in [0.15, 0.2) is 11.5 Å². The van der Waals surface area contributed by atoms with Crippen molar-refractivity contribution in [3.05, 3.63) is 56.5 Å². The summed E-state index contributed by atoms with van der Waals surface area (Å²) in [7, 11) is 0. The van der Waals surface area contributed by atoms with Crippen LogP contribution in [0.15, 0.2) is 30.3 Å². The lowest BCUT2D eigenvalue weighted by Gasteiger charge is -2.14. The van der Waals surface area contributed by atoms with Gasteiger partial charge in [0.25, 0.3) is 0 Å². The fraction of sp³-hybridized carbons (Fsp3) is 0.250. The molecule has 0 heterocycles. The van der Waals surface area contributed by atoms with Crippen molar-refractivity contribution in [2.24, 2.45) is 0 Å². The van der Waals surface area contributed by atoms with E-state index in [1.165, 1.54) is 0 Å². The molecule has 0 spiro atoms. The van der Waals surface area contributed by atoms with Gasteiger partial charge in [0.1, 0.15) is 6.61 Å². The summed E-state index contributed by atoms with van der Waals surface area (Å²) in [5.74, 6) is 1.05. The quantitative estimate of drug-likeness (QED) is 0.776. The van der Waals surface area contributed by atoms with E-state index in [-0.39, 0.29) is 6.61 Å². The maximum atomic E-state index is 9.26. The van der Waals surface area contributed by atoms with Gasteiger partial charge in [0, 0.05) is 6.07 Å². The van der Waals surface area contributed by atoms with Crippen LogP contribution < -0.4 is 9.47 Å². The van der Waals surface area contributed by atoms with Crippen molar-refractivity contribution in [3.63, 3.8) is 0 Å². The molecular formula is C16H15Cl3O3. The highest BCUT2D eigenvalue weighted by Gasteiger charge is 2.11. The predicted molar refractivity (Wildman–Crippen MR) is 89.3 cm³/mol. The lowest BCUT2D eigenvalue weighted by atomic mass is 10.2. The summed E-state index contributed by atoms with van der Waals surface area (Å²) in [6.45, 7) is 2.49. The first-order chi connectivity index (χ1) is 10.5. The van der Waals surface area contributed by atoms with Crippen molar-refractivity contribution in [1.82, 2.24) is 0 Å². The van der Waals surface area contributed by atoms with Gasteiger partial charge in [-0.05, 0) is 36.2 Å². The molecule has 0 saturated heterocycles. The van der Waals surface area contributed by atoms with E-state index in [0.29, 0.717) is 45.3 Å². The zero-order valence-corrected chi connectivity index (χ0v) is 14.2. The molecule has 6 heteroatoms. The Hall–Kier alpha value is -1.13. The Morgan fingerprint density at radius 1 is 0.909 bits per heavy atom. The number of aliphatic hydroxyl groups excluding tert-OH is 1. The Balaban J connectivity index is 2.20. The summed E-state index contributed by atoms with van der Waals surface area (Å²) in [5.41, 5.74) is 1.46. The van der Waals surface area contributed by atoms with Crippen molar-refractivity contribution < 1.29 is 14.6 Å². The van der Waals surface area contributed by atoms with Crippen LogP contribution in [-0.2, 0) is 13.2 Å². The van der Waals surface area contributed by atoms with Crippen LogP contribution in [0.3, 0.4) is 0 Å². The molecule has 2 aromatic rings. The van der Waals surface area contributed by atoms with E-state index >= 15 is 0 Å². The highest BCUT2D eigenvalue weighted by atomic mass is 35.5. The molecule has 0 aliphatic carbocycles. The number of rotatable bonds is 6. The van der Waals surface area contributed by atoms with Crippen molar-refractivity contribution in [2.75, 3.05) is 6.61 Å². The van der Waals surface area contributed by atoms with Crippen LogP contribution in [0.25, 0.3) is 0 Å². The third-order valence-corrected chi connectivity index (χ3v) is 4.05. The second-order valence-electron chi connectivity index (χ2n) is 4.52. The van der Waals surface area contributed by atoms with Crippen molar-refractivity contribution in [1.29, 1.82) is 0 Å². The van der Waals surface area contributed by atoms with E-state index in [0.717, 1.165) is 5.56 Å². The molecule has 0 aliphatic rings. The van der Waals surface area contributed by atoms with Gasteiger partial charge >= 0.3 is 0 Å². The molecule has 0 radical (unpaired) electrons. The van der Waals surface area contributed by atoms with Gasteiger partial charge in [-0.15, -0.1) is 0 Å². The van der Waals surface area contributed by atoms with Gasteiger partial charge < -0.3 is 14.6 Å². The van der Waals surface area contributed by atoms with Crippen LogP contribution in [0.1, 0.15) is 18.1 Å². The molecule has 0 amide bonds. The molecule has 3 nitrogen and oxygen atoms in total. The maximum Gasteiger partial charge on any atom is 0.163 e. The lowest BCUT2D eigenvalue weighted by molar-refractivity contribution is 0.264. The molecule has 2 rings (SSSR count). The zero-order chi connectivity index (χ0) is 16.1. The van der Waals surface area contributed by atoms with Crippen LogP contribution in [0.2, 0.25) is 15.1 Å². The predicted octanol–water partition coefficient (Wildman–Crippen LogP) is 5.12. The minimum absolute atomic E-state index is 0.161. The monoisotopic (exact) mass is 360 g/mol. The average molecular weight is 362 g/mol. The summed E-state index contributed by atoms with van der Waals surface area (Å²) in [5, 5.41) is 10.7. The van der Waals surface area contributed by atoms with E-state index in [9.17, 15) is 5.11 Å². The van der Waals surface area contributed by atoms with E-state index in [1.807, 2.05) is 13.0 Å². The molecule has 0 unspecified atom stereocenters. The molecule has 2 aromatic carbocycles. The summed E-state index contributed by atoms with van der Waals surface area (Å²) in [6, 6.07) is 8.60. The van der Waals surface area contributed by atoms with Gasteiger partial charge in [-0.25, -0.2) is 0 Å². The molecule has 0 aromatic heterocycles. The van der Waals surface area contributed by atoms with E-state index in [1.54, 1.807) is 24.3 Å². The van der Waals surface area contributed by atoms with Crippen LogP contribution >= 0.6 is 34.8 Å². The first-order valence-corrected chi connectivity index (χ1v) is 7.81. The Morgan fingerprint density at radius 3 is 2.27 bits per heavy atom. The smallest absolute Gasteiger partial charge is 0.163 e. The molecule has 118 valence electrons. The van der Waals surface area contributed by atoms with Gasteiger partial charge in [0.2, 0.25) is 0 Å². The Bertz CT molecular complexity index is 659. The summed E-state index contributed by atoms with van der Waals surface area (Å²) in [4.78, 5) is 0. The second-order valence-corrected chi connectivity index (χ2v) is 5.74. The fourth-order valence-electron chi connectivity index (χ4n) is 1.87. The number of benzene rings is 2. The molecule has 0 aliphatic heterocycles. The molecular weight excluding hydrogens is 347 g/mol. The Labute approximate surface area is 144 Å². The van der Waals surface area contributed by atoms with Crippen molar-refractivity contribution >= 4 is 34.8 Å². The van der Waals surface area contributed by atoms with Crippen LogP contribution in [-0.4, -0.2) is 11.7 Å². The van der Waals surface area contributed by atoms with Gasteiger partial charge in [-0.1, -0.05) is 40.9 Å². The molecule has 0 fully saturated rings. The Morgan fingerprint density at radius 2 is 1.64 bits per heavy atom. The number of aliphatic hydroxyl groups is 1. The van der Waals surface area contributed by atoms with Gasteiger partial charge in [-0.3, -0.25) is 0 Å². The molecule has 0 saturated carbocycles. The van der Waals surface area contributed by atoms with Crippen LogP contribution in [0.4, 0.5) is 0 Å². The van der Waals surface area contributed by atoms with Gasteiger partial charge in [-0.2, -0.15) is 0 Å². The number of hydrogen-bond donors (Lipinski definition) is 1. The number of ether oxygens (including phenoxy) is 2. The third-order valence-electron chi connectivity index (χ3n) is 2.96. The van der Waals surface area contributed by atoms with E-state index < -0.39 is 0 Å². The minimum atomic E-state index is -0.161. The molecule has 0 bridgehead atoms. The van der Waals surface area contributed by atoms with E-state index in [2.05, 4.69) is 0 Å². The highest BCUT2D eigenvalue weighted by Crippen LogP contribution is 2.34. The second kappa shape index (κ2) is 7.93. The highest BCUT2D eigenvalue weighted by molar-refractivity contribution is 6.42. The maximum absolute atomic E-state index is 9.26. The SMILES string of the molecule is CCOc1cc(CO)c(Cl)cc1OCc1ccc(Cl)c(Cl)c1. The molecule has 22 heavy (non-hydrogen) atoms. The zero-order valence-electron chi connectivity index (χ0n) is 11.9.